The molecule has 3 N–H and O–H groups in total. The van der Waals surface area contributed by atoms with Crippen LogP contribution in [0.5, 0.6) is 0 Å². The Hall–Kier alpha value is -1.22. The monoisotopic (exact) mass is 321 g/mol. The summed E-state index contributed by atoms with van der Waals surface area (Å²) in [5.74, 6) is -0.761. The Labute approximate surface area is 118 Å². The van der Waals surface area contributed by atoms with Gasteiger partial charge in [-0.1, -0.05) is 11.6 Å². The number of halogens is 2. The van der Waals surface area contributed by atoms with Crippen molar-refractivity contribution < 1.29 is 12.8 Å². The van der Waals surface area contributed by atoms with Crippen LogP contribution in [0.3, 0.4) is 0 Å². The summed E-state index contributed by atoms with van der Waals surface area (Å²) in [6.07, 6.45) is 0. The fourth-order valence-corrected chi connectivity index (χ4v) is 3.43. The molecule has 1 aromatic heterocycles. The van der Waals surface area contributed by atoms with E-state index < -0.39 is 15.8 Å². The van der Waals surface area contributed by atoms with Crippen molar-refractivity contribution in [1.29, 1.82) is 0 Å². The molecule has 0 aliphatic carbocycles. The van der Waals surface area contributed by atoms with Gasteiger partial charge in [0.2, 0.25) is 10.0 Å². The first-order chi connectivity index (χ1) is 8.90. The molecule has 0 fully saturated rings. The van der Waals surface area contributed by atoms with Crippen molar-refractivity contribution in [1.82, 2.24) is 9.71 Å². The van der Waals surface area contributed by atoms with Crippen LogP contribution in [0.1, 0.15) is 5.69 Å². The average molecular weight is 322 g/mol. The molecule has 0 unspecified atom stereocenters. The van der Waals surface area contributed by atoms with Crippen LogP contribution in [-0.4, -0.2) is 13.4 Å². The van der Waals surface area contributed by atoms with E-state index in [-0.39, 0.29) is 22.2 Å². The lowest BCUT2D eigenvalue weighted by Crippen LogP contribution is -2.24. The van der Waals surface area contributed by atoms with Gasteiger partial charge in [-0.2, -0.15) is 0 Å². The third-order valence-corrected chi connectivity index (χ3v) is 4.77. The van der Waals surface area contributed by atoms with E-state index in [0.29, 0.717) is 5.69 Å². The zero-order valence-electron chi connectivity index (χ0n) is 9.43. The quantitative estimate of drug-likeness (QED) is 0.843. The first kappa shape index (κ1) is 14.2. The van der Waals surface area contributed by atoms with Crippen LogP contribution < -0.4 is 10.5 Å². The zero-order chi connectivity index (χ0) is 14.0. The summed E-state index contributed by atoms with van der Waals surface area (Å²) in [5, 5.41) is 1.49. The van der Waals surface area contributed by atoms with Gasteiger partial charge in [0.15, 0.2) is 0 Å². The Morgan fingerprint density at radius 3 is 2.84 bits per heavy atom. The molecule has 9 heteroatoms. The van der Waals surface area contributed by atoms with Crippen LogP contribution in [0.2, 0.25) is 5.02 Å². The van der Waals surface area contributed by atoms with E-state index in [9.17, 15) is 12.8 Å². The Bertz CT molecular complexity index is 689. The maximum Gasteiger partial charge on any atom is 0.242 e. The second-order valence-electron chi connectivity index (χ2n) is 3.61. The molecular weight excluding hydrogens is 313 g/mol. The molecule has 0 atom stereocenters. The van der Waals surface area contributed by atoms with Crippen LogP contribution in [0.15, 0.2) is 27.9 Å². The molecule has 0 amide bonds. The SMILES string of the molecule is Nc1cc(S(=O)(=O)NCc2cscn2)c(Cl)cc1F. The number of aromatic nitrogens is 1. The number of nitrogens with one attached hydrogen (secondary N) is 1. The molecule has 2 rings (SSSR count). The van der Waals surface area contributed by atoms with E-state index >= 15 is 0 Å². The number of benzene rings is 1. The minimum atomic E-state index is -3.87. The summed E-state index contributed by atoms with van der Waals surface area (Å²) in [5.41, 5.74) is 7.23. The lowest BCUT2D eigenvalue weighted by molar-refractivity contribution is 0.580. The van der Waals surface area contributed by atoms with E-state index in [2.05, 4.69) is 9.71 Å². The highest BCUT2D eigenvalue weighted by atomic mass is 35.5. The standard InChI is InChI=1S/C10H9ClFN3O2S2/c11-7-1-8(12)9(13)2-10(7)19(16,17)15-3-6-4-18-5-14-6/h1-2,4-5,15H,3,13H2. The third kappa shape index (κ3) is 3.21. The van der Waals surface area contributed by atoms with Crippen molar-refractivity contribution >= 4 is 38.6 Å². The first-order valence-corrected chi connectivity index (χ1v) is 7.82. The van der Waals surface area contributed by atoms with Gasteiger partial charge in [-0.05, 0) is 12.1 Å². The number of nitrogens with zero attached hydrogens (tertiary/aromatic N) is 1. The van der Waals surface area contributed by atoms with Crippen molar-refractivity contribution in [2.24, 2.45) is 0 Å². The van der Waals surface area contributed by atoms with Crippen LogP contribution in [0.4, 0.5) is 10.1 Å². The minimum absolute atomic E-state index is 0.0272. The van der Waals surface area contributed by atoms with Crippen molar-refractivity contribution in [2.75, 3.05) is 5.73 Å². The molecule has 2 aromatic rings. The smallest absolute Gasteiger partial charge is 0.242 e. The van der Waals surface area contributed by atoms with Crippen molar-refractivity contribution in [3.05, 3.63) is 39.6 Å². The number of nitrogen functional groups attached to an aromatic ring is 1. The Kier molecular flexibility index (Phi) is 4.04. The second kappa shape index (κ2) is 5.41. The van der Waals surface area contributed by atoms with Crippen LogP contribution in [0, 0.1) is 5.82 Å². The van der Waals surface area contributed by atoms with Gasteiger partial charge in [0, 0.05) is 5.38 Å². The summed E-state index contributed by atoms with van der Waals surface area (Å²) in [4.78, 5) is 3.68. The fraction of sp³-hybridized carbons (Fsp3) is 0.100. The van der Waals surface area contributed by atoms with Crippen LogP contribution in [0.25, 0.3) is 0 Å². The highest BCUT2D eigenvalue weighted by molar-refractivity contribution is 7.89. The number of thiazole rings is 1. The van der Waals surface area contributed by atoms with Gasteiger partial charge in [0.25, 0.3) is 0 Å². The van der Waals surface area contributed by atoms with Gasteiger partial charge in [-0.25, -0.2) is 22.5 Å². The van der Waals surface area contributed by atoms with Crippen molar-refractivity contribution in [3.63, 3.8) is 0 Å². The molecule has 0 aliphatic rings. The fourth-order valence-electron chi connectivity index (χ4n) is 1.32. The first-order valence-electron chi connectivity index (χ1n) is 5.01. The summed E-state index contributed by atoms with van der Waals surface area (Å²) in [7, 11) is -3.87. The molecule has 0 bridgehead atoms. The predicted molar refractivity (Wildman–Crippen MR) is 72.0 cm³/mol. The van der Waals surface area contributed by atoms with E-state index in [4.69, 9.17) is 17.3 Å². The van der Waals surface area contributed by atoms with Gasteiger partial charge in [-0.3, -0.25) is 0 Å². The number of hydrogen-bond acceptors (Lipinski definition) is 5. The Balaban J connectivity index is 2.27. The number of rotatable bonds is 4. The summed E-state index contributed by atoms with van der Waals surface area (Å²) < 4.78 is 39.5. The summed E-state index contributed by atoms with van der Waals surface area (Å²) in [6.45, 7) is 0.0272. The van der Waals surface area contributed by atoms with Crippen molar-refractivity contribution in [2.45, 2.75) is 11.4 Å². The second-order valence-corrected chi connectivity index (χ2v) is 6.47. The number of nitrogens with two attached hydrogens (primary N) is 1. The maximum absolute atomic E-state index is 13.1. The number of hydrogen-bond donors (Lipinski definition) is 2. The topological polar surface area (TPSA) is 85.1 Å². The van der Waals surface area contributed by atoms with Gasteiger partial charge < -0.3 is 5.73 Å². The highest BCUT2D eigenvalue weighted by Crippen LogP contribution is 2.26. The molecule has 0 radical (unpaired) electrons. The largest absolute Gasteiger partial charge is 0.396 e. The van der Waals surface area contributed by atoms with E-state index in [1.165, 1.54) is 11.3 Å². The molecule has 102 valence electrons. The molecule has 1 aromatic carbocycles. The predicted octanol–water partition coefficient (Wildman–Crippen LogP) is 2.00. The zero-order valence-corrected chi connectivity index (χ0v) is 11.8. The Morgan fingerprint density at radius 1 is 1.47 bits per heavy atom. The molecule has 0 saturated heterocycles. The van der Waals surface area contributed by atoms with Gasteiger partial charge >= 0.3 is 0 Å². The van der Waals surface area contributed by atoms with E-state index in [0.717, 1.165) is 12.1 Å². The van der Waals surface area contributed by atoms with Crippen LogP contribution >= 0.6 is 22.9 Å². The lowest BCUT2D eigenvalue weighted by Gasteiger charge is -2.08. The minimum Gasteiger partial charge on any atom is -0.396 e. The summed E-state index contributed by atoms with van der Waals surface area (Å²) >= 11 is 7.07. The molecule has 5 nitrogen and oxygen atoms in total. The maximum atomic E-state index is 13.1. The molecular formula is C10H9ClFN3O2S2. The molecule has 0 aliphatic heterocycles. The Morgan fingerprint density at radius 2 is 2.21 bits per heavy atom. The molecule has 1 heterocycles. The number of anilines is 1. The average Bonchev–Trinajstić information content (AvgIpc) is 2.84. The van der Waals surface area contributed by atoms with Gasteiger partial charge in [0.1, 0.15) is 10.7 Å². The molecule has 0 spiro atoms. The van der Waals surface area contributed by atoms with E-state index in [1.807, 2.05) is 0 Å². The van der Waals surface area contributed by atoms with E-state index in [1.54, 1.807) is 10.9 Å². The van der Waals surface area contributed by atoms with Crippen LogP contribution in [-0.2, 0) is 16.6 Å². The normalized spacial score (nSPS) is 11.7. The molecule has 19 heavy (non-hydrogen) atoms. The summed E-state index contributed by atoms with van der Waals surface area (Å²) in [6, 6.07) is 1.86. The third-order valence-electron chi connectivity index (χ3n) is 2.27. The lowest BCUT2D eigenvalue weighted by atomic mass is 10.3. The van der Waals surface area contributed by atoms with Gasteiger partial charge in [-0.15, -0.1) is 11.3 Å². The van der Waals surface area contributed by atoms with Gasteiger partial charge in [0.05, 0.1) is 28.5 Å². The number of sulfonamides is 1. The highest BCUT2D eigenvalue weighted by Gasteiger charge is 2.20. The molecule has 0 saturated carbocycles. The van der Waals surface area contributed by atoms with Crippen molar-refractivity contribution in [3.8, 4) is 0 Å².